The number of esters is 1. The Hall–Kier alpha value is -2.31. The maximum absolute atomic E-state index is 12.7. The molecule has 1 fully saturated rings. The number of hydrogen-bond acceptors (Lipinski definition) is 5. The average molecular weight is 350 g/mol. The zero-order valence-electron chi connectivity index (χ0n) is 14.9. The van der Waals surface area contributed by atoms with E-state index < -0.39 is 0 Å². The minimum atomic E-state index is -0.378. The molecule has 1 aromatic heterocycles. The Kier molecular flexibility index (Phi) is 7.03. The summed E-state index contributed by atoms with van der Waals surface area (Å²) in [6.07, 6.45) is 4.89. The third kappa shape index (κ3) is 5.08. The van der Waals surface area contributed by atoms with Gasteiger partial charge in [-0.05, 0) is 32.3 Å². The lowest BCUT2D eigenvalue weighted by Gasteiger charge is -2.33. The maximum atomic E-state index is 12.7. The summed E-state index contributed by atoms with van der Waals surface area (Å²) >= 11 is 0. The quantitative estimate of drug-likeness (QED) is 0.702. The highest BCUT2D eigenvalue weighted by Gasteiger charge is 2.31. The number of carbonyl (C=O) groups is 3. The second-order valence-corrected chi connectivity index (χ2v) is 6.14. The summed E-state index contributed by atoms with van der Waals surface area (Å²) in [6.45, 7) is 5.61. The molecular weight excluding hydrogens is 324 g/mol. The lowest BCUT2D eigenvalue weighted by Crippen LogP contribution is -2.46. The van der Waals surface area contributed by atoms with E-state index in [0.717, 1.165) is 6.42 Å². The van der Waals surface area contributed by atoms with Crippen LogP contribution in [0.15, 0.2) is 23.0 Å². The summed E-state index contributed by atoms with van der Waals surface area (Å²) in [5, 5.41) is 0. The molecule has 0 N–H and O–H groups in total. The molecule has 0 bridgehead atoms. The van der Waals surface area contributed by atoms with Gasteiger partial charge in [0.05, 0.1) is 18.4 Å². The minimum Gasteiger partial charge on any atom is -0.472 e. The number of piperidine rings is 1. The first-order valence-electron chi connectivity index (χ1n) is 8.82. The molecule has 0 atom stereocenters. The van der Waals surface area contributed by atoms with Gasteiger partial charge in [-0.2, -0.15) is 0 Å². The van der Waals surface area contributed by atoms with Crippen LogP contribution in [0.3, 0.4) is 0 Å². The summed E-state index contributed by atoms with van der Waals surface area (Å²) in [7, 11) is 0. The van der Waals surface area contributed by atoms with Crippen LogP contribution in [0, 0.1) is 5.92 Å². The summed E-state index contributed by atoms with van der Waals surface area (Å²) < 4.78 is 9.90. The largest absolute Gasteiger partial charge is 0.472 e. The number of hydrogen-bond donors (Lipinski definition) is 0. The topological polar surface area (TPSA) is 80.1 Å². The van der Waals surface area contributed by atoms with Gasteiger partial charge in [-0.15, -0.1) is 0 Å². The molecule has 0 unspecified atom stereocenters. The van der Waals surface area contributed by atoms with E-state index >= 15 is 0 Å². The Bertz CT molecular complexity index is 576. The molecule has 2 rings (SSSR count). The molecule has 0 aliphatic carbocycles. The molecule has 138 valence electrons. The van der Waals surface area contributed by atoms with Crippen molar-refractivity contribution in [2.45, 2.75) is 33.1 Å². The third-order valence-electron chi connectivity index (χ3n) is 4.33. The monoisotopic (exact) mass is 350 g/mol. The van der Waals surface area contributed by atoms with Crippen LogP contribution in [-0.4, -0.2) is 60.4 Å². The van der Waals surface area contributed by atoms with Crippen molar-refractivity contribution < 1.29 is 23.5 Å². The Morgan fingerprint density at radius 2 is 2.00 bits per heavy atom. The summed E-state index contributed by atoms with van der Waals surface area (Å²) in [6, 6.07) is 1.64. The van der Waals surface area contributed by atoms with Crippen molar-refractivity contribution in [3.05, 3.63) is 24.2 Å². The molecule has 7 nitrogen and oxygen atoms in total. The van der Waals surface area contributed by atoms with E-state index in [-0.39, 0.29) is 30.2 Å². The first-order chi connectivity index (χ1) is 12.1. The molecule has 1 aliphatic heterocycles. The molecule has 0 radical (unpaired) electrons. The van der Waals surface area contributed by atoms with Gasteiger partial charge in [0.2, 0.25) is 5.91 Å². The fraction of sp³-hybridized carbons (Fsp3) is 0.611. The van der Waals surface area contributed by atoms with Gasteiger partial charge in [-0.25, -0.2) is 0 Å². The molecule has 0 spiro atoms. The van der Waals surface area contributed by atoms with Crippen molar-refractivity contribution in [3.8, 4) is 0 Å². The maximum Gasteiger partial charge on any atom is 0.325 e. The molecule has 0 aromatic carbocycles. The smallest absolute Gasteiger partial charge is 0.325 e. The summed E-state index contributed by atoms with van der Waals surface area (Å²) in [5.74, 6) is -0.631. The zero-order chi connectivity index (χ0) is 18.2. The van der Waals surface area contributed by atoms with Crippen molar-refractivity contribution in [1.29, 1.82) is 0 Å². The molecule has 1 aliphatic rings. The third-order valence-corrected chi connectivity index (χ3v) is 4.33. The predicted octanol–water partition coefficient (Wildman–Crippen LogP) is 1.93. The fourth-order valence-corrected chi connectivity index (χ4v) is 3.06. The van der Waals surface area contributed by atoms with Gasteiger partial charge >= 0.3 is 5.97 Å². The van der Waals surface area contributed by atoms with E-state index in [1.54, 1.807) is 22.8 Å². The van der Waals surface area contributed by atoms with Crippen molar-refractivity contribution in [3.63, 3.8) is 0 Å². The van der Waals surface area contributed by atoms with Crippen LogP contribution in [0.25, 0.3) is 0 Å². The number of ether oxygens (including phenoxy) is 1. The van der Waals surface area contributed by atoms with Gasteiger partial charge < -0.3 is 19.0 Å². The molecule has 7 heteroatoms. The molecular formula is C18H26N2O5. The van der Waals surface area contributed by atoms with E-state index in [4.69, 9.17) is 9.15 Å². The lowest BCUT2D eigenvalue weighted by molar-refractivity contribution is -0.150. The molecule has 1 aromatic rings. The van der Waals surface area contributed by atoms with Crippen molar-refractivity contribution in [1.82, 2.24) is 9.80 Å². The van der Waals surface area contributed by atoms with E-state index in [1.807, 2.05) is 6.92 Å². The van der Waals surface area contributed by atoms with Crippen LogP contribution in [0.4, 0.5) is 0 Å². The number of amides is 2. The number of nitrogens with zero attached hydrogens (tertiary/aromatic N) is 2. The van der Waals surface area contributed by atoms with Crippen LogP contribution in [0.1, 0.15) is 43.5 Å². The highest BCUT2D eigenvalue weighted by molar-refractivity contribution is 5.94. The highest BCUT2D eigenvalue weighted by atomic mass is 16.5. The first kappa shape index (κ1) is 19.0. The normalized spacial score (nSPS) is 15.0. The standard InChI is InChI=1S/C18H26N2O5/c1-3-8-20(12-16(21)25-4-2)17(22)14-5-9-19(10-6-14)18(23)15-7-11-24-13-15/h7,11,13-14H,3-6,8-10,12H2,1-2H3. The van der Waals surface area contributed by atoms with Crippen molar-refractivity contribution in [2.24, 2.45) is 5.92 Å². The summed E-state index contributed by atoms with van der Waals surface area (Å²) in [4.78, 5) is 40.1. The zero-order valence-corrected chi connectivity index (χ0v) is 14.9. The van der Waals surface area contributed by atoms with E-state index in [9.17, 15) is 14.4 Å². The minimum absolute atomic E-state index is 0.00528. The first-order valence-corrected chi connectivity index (χ1v) is 8.82. The van der Waals surface area contributed by atoms with Gasteiger partial charge in [0.15, 0.2) is 0 Å². The second kappa shape index (κ2) is 9.25. The Labute approximate surface area is 147 Å². The van der Waals surface area contributed by atoms with Gasteiger partial charge in [-0.1, -0.05) is 6.92 Å². The van der Waals surface area contributed by atoms with E-state index in [1.165, 1.54) is 12.5 Å². The number of furan rings is 1. The lowest BCUT2D eigenvalue weighted by atomic mass is 9.94. The molecule has 1 saturated heterocycles. The van der Waals surface area contributed by atoms with E-state index in [0.29, 0.717) is 44.6 Å². The Morgan fingerprint density at radius 1 is 1.28 bits per heavy atom. The van der Waals surface area contributed by atoms with Gasteiger partial charge in [0.1, 0.15) is 12.8 Å². The van der Waals surface area contributed by atoms with Gasteiger partial charge in [0, 0.05) is 25.6 Å². The Balaban J connectivity index is 1.89. The van der Waals surface area contributed by atoms with Crippen LogP contribution in [-0.2, 0) is 14.3 Å². The van der Waals surface area contributed by atoms with Crippen molar-refractivity contribution in [2.75, 3.05) is 32.8 Å². The average Bonchev–Trinajstić information content (AvgIpc) is 3.15. The van der Waals surface area contributed by atoms with Crippen LogP contribution < -0.4 is 0 Å². The summed E-state index contributed by atoms with van der Waals surface area (Å²) in [5.41, 5.74) is 0.527. The second-order valence-electron chi connectivity index (χ2n) is 6.14. The Morgan fingerprint density at radius 3 is 2.56 bits per heavy atom. The predicted molar refractivity (Wildman–Crippen MR) is 90.8 cm³/mol. The molecule has 2 amide bonds. The molecule has 25 heavy (non-hydrogen) atoms. The van der Waals surface area contributed by atoms with Gasteiger partial charge in [-0.3, -0.25) is 14.4 Å². The van der Waals surface area contributed by atoms with Crippen molar-refractivity contribution >= 4 is 17.8 Å². The molecule has 0 saturated carbocycles. The van der Waals surface area contributed by atoms with Gasteiger partial charge in [0.25, 0.3) is 5.91 Å². The highest BCUT2D eigenvalue weighted by Crippen LogP contribution is 2.21. The number of rotatable bonds is 7. The number of likely N-dealkylation sites (tertiary alicyclic amines) is 1. The van der Waals surface area contributed by atoms with Crippen LogP contribution in [0.2, 0.25) is 0 Å². The van der Waals surface area contributed by atoms with E-state index in [2.05, 4.69) is 0 Å². The SMILES string of the molecule is CCCN(CC(=O)OCC)C(=O)C1CCN(C(=O)c2ccoc2)CC1. The number of carbonyl (C=O) groups excluding carboxylic acids is 3. The fourth-order valence-electron chi connectivity index (χ4n) is 3.06. The molecule has 2 heterocycles. The van der Waals surface area contributed by atoms with Crippen LogP contribution in [0.5, 0.6) is 0 Å². The van der Waals surface area contributed by atoms with Crippen LogP contribution >= 0.6 is 0 Å².